The Balaban J connectivity index is 1.88. The van der Waals surface area contributed by atoms with Gasteiger partial charge < -0.3 is 5.32 Å². The van der Waals surface area contributed by atoms with Gasteiger partial charge in [0.2, 0.25) is 0 Å². The van der Waals surface area contributed by atoms with Gasteiger partial charge >= 0.3 is 6.18 Å². The van der Waals surface area contributed by atoms with E-state index in [1.807, 2.05) is 4.72 Å². The first-order valence-electron chi connectivity index (χ1n) is 8.63. The van der Waals surface area contributed by atoms with E-state index in [0.717, 1.165) is 54.6 Å². The molecule has 3 aromatic carbocycles. The minimum absolute atomic E-state index is 0.111. The first-order valence-corrected chi connectivity index (χ1v) is 10.5. The van der Waals surface area contributed by atoms with E-state index in [2.05, 4.69) is 5.32 Å². The van der Waals surface area contributed by atoms with Crippen LogP contribution in [0.4, 0.5) is 33.3 Å². The molecule has 5 nitrogen and oxygen atoms in total. The summed E-state index contributed by atoms with van der Waals surface area (Å²) < 4.78 is 92.2. The molecular formula is C20H12ClF5N2O3S. The molecule has 0 saturated heterocycles. The molecule has 3 aromatic rings. The summed E-state index contributed by atoms with van der Waals surface area (Å²) in [4.78, 5) is 12.0. The van der Waals surface area contributed by atoms with Gasteiger partial charge in [-0.05, 0) is 48.5 Å². The standard InChI is InChI=1S/C20H12ClF5N2O3S/c21-16-6-5-14(10-15(16)19(29)27-12-4-7-17(22)18(23)9-12)32(30,31)28-13-3-1-2-11(8-13)20(24,25)26/h1-10,28H,(H,27,29). The van der Waals surface area contributed by atoms with Gasteiger partial charge in [0, 0.05) is 17.4 Å². The number of carbonyl (C=O) groups is 1. The summed E-state index contributed by atoms with van der Waals surface area (Å²) in [5, 5.41) is 2.10. The summed E-state index contributed by atoms with van der Waals surface area (Å²) in [5.41, 5.74) is -1.83. The second kappa shape index (κ2) is 8.75. The van der Waals surface area contributed by atoms with Gasteiger partial charge in [0.1, 0.15) is 0 Å². The van der Waals surface area contributed by atoms with Crippen LogP contribution in [0.15, 0.2) is 65.6 Å². The molecule has 0 spiro atoms. The van der Waals surface area contributed by atoms with Gasteiger partial charge in [0.25, 0.3) is 15.9 Å². The first-order chi connectivity index (χ1) is 14.9. The maximum atomic E-state index is 13.3. The third kappa shape index (κ3) is 5.35. The smallest absolute Gasteiger partial charge is 0.322 e. The van der Waals surface area contributed by atoms with Crippen LogP contribution in [0.25, 0.3) is 0 Å². The largest absolute Gasteiger partial charge is 0.416 e. The number of carbonyl (C=O) groups excluding carboxylic acids is 1. The molecule has 0 radical (unpaired) electrons. The quantitative estimate of drug-likeness (QED) is 0.451. The molecule has 32 heavy (non-hydrogen) atoms. The second-order valence-electron chi connectivity index (χ2n) is 6.41. The van der Waals surface area contributed by atoms with Crippen molar-refractivity contribution in [1.29, 1.82) is 0 Å². The molecular weight excluding hydrogens is 479 g/mol. The molecule has 0 atom stereocenters. The zero-order chi connectivity index (χ0) is 23.7. The average Bonchev–Trinajstić information content (AvgIpc) is 2.70. The molecule has 0 aliphatic heterocycles. The van der Waals surface area contributed by atoms with Gasteiger partial charge in [-0.25, -0.2) is 17.2 Å². The lowest BCUT2D eigenvalue weighted by Gasteiger charge is -2.13. The predicted molar refractivity (Wildman–Crippen MR) is 108 cm³/mol. The monoisotopic (exact) mass is 490 g/mol. The minimum Gasteiger partial charge on any atom is -0.322 e. The maximum absolute atomic E-state index is 13.3. The van der Waals surface area contributed by atoms with Crippen molar-refractivity contribution in [3.63, 3.8) is 0 Å². The SMILES string of the molecule is O=C(Nc1ccc(F)c(F)c1)c1cc(S(=O)(=O)Nc2cccc(C(F)(F)F)c2)ccc1Cl. The van der Waals surface area contributed by atoms with Crippen LogP contribution in [0.1, 0.15) is 15.9 Å². The van der Waals surface area contributed by atoms with E-state index in [1.54, 1.807) is 0 Å². The van der Waals surface area contributed by atoms with Crippen molar-refractivity contribution in [2.45, 2.75) is 11.1 Å². The maximum Gasteiger partial charge on any atom is 0.416 e. The number of hydrogen-bond acceptors (Lipinski definition) is 3. The Morgan fingerprint density at radius 1 is 0.875 bits per heavy atom. The summed E-state index contributed by atoms with van der Waals surface area (Å²) in [6, 6.07) is 9.18. The van der Waals surface area contributed by atoms with Gasteiger partial charge in [-0.15, -0.1) is 0 Å². The summed E-state index contributed by atoms with van der Waals surface area (Å²) in [7, 11) is -4.40. The third-order valence-corrected chi connectivity index (χ3v) is 5.82. The number of nitrogens with one attached hydrogen (secondary N) is 2. The van der Waals surface area contributed by atoms with Crippen LogP contribution >= 0.6 is 11.6 Å². The Kier molecular flexibility index (Phi) is 6.42. The van der Waals surface area contributed by atoms with E-state index in [4.69, 9.17) is 11.6 Å². The lowest BCUT2D eigenvalue weighted by atomic mass is 10.2. The molecule has 1 amide bonds. The summed E-state index contributed by atoms with van der Waals surface area (Å²) in [5.74, 6) is -3.26. The highest BCUT2D eigenvalue weighted by Crippen LogP contribution is 2.31. The van der Waals surface area contributed by atoms with Crippen LogP contribution in [-0.2, 0) is 16.2 Å². The Labute approximate surface area is 183 Å². The molecule has 0 saturated carbocycles. The van der Waals surface area contributed by atoms with Gasteiger partial charge in [0.15, 0.2) is 11.6 Å². The minimum atomic E-state index is -4.67. The number of benzene rings is 3. The molecule has 0 fully saturated rings. The molecule has 0 aliphatic carbocycles. The molecule has 0 aromatic heterocycles. The highest BCUT2D eigenvalue weighted by atomic mass is 35.5. The number of hydrogen-bond donors (Lipinski definition) is 2. The number of alkyl halides is 3. The topological polar surface area (TPSA) is 75.3 Å². The lowest BCUT2D eigenvalue weighted by Crippen LogP contribution is -2.17. The van der Waals surface area contributed by atoms with Crippen molar-refractivity contribution in [2.75, 3.05) is 10.0 Å². The normalized spacial score (nSPS) is 11.8. The summed E-state index contributed by atoms with van der Waals surface area (Å²) >= 11 is 5.96. The van der Waals surface area contributed by atoms with Crippen LogP contribution in [0, 0.1) is 11.6 Å². The number of halogens is 6. The van der Waals surface area contributed by atoms with Crippen LogP contribution in [0.2, 0.25) is 5.02 Å². The molecule has 0 unspecified atom stereocenters. The van der Waals surface area contributed by atoms with Crippen LogP contribution in [0.5, 0.6) is 0 Å². The second-order valence-corrected chi connectivity index (χ2v) is 8.50. The van der Waals surface area contributed by atoms with Crippen molar-refractivity contribution in [3.05, 3.63) is 88.4 Å². The summed E-state index contributed by atoms with van der Waals surface area (Å²) in [6.07, 6.45) is -4.67. The average molecular weight is 491 g/mol. The molecule has 2 N–H and O–H groups in total. The fourth-order valence-electron chi connectivity index (χ4n) is 2.59. The van der Waals surface area contributed by atoms with Crippen molar-refractivity contribution in [2.24, 2.45) is 0 Å². The van der Waals surface area contributed by atoms with Gasteiger partial charge in [-0.2, -0.15) is 13.2 Å². The number of rotatable bonds is 5. The zero-order valence-corrected chi connectivity index (χ0v) is 17.2. The van der Waals surface area contributed by atoms with Crippen LogP contribution in [0.3, 0.4) is 0 Å². The van der Waals surface area contributed by atoms with Crippen LogP contribution in [-0.4, -0.2) is 14.3 Å². The number of anilines is 2. The number of amides is 1. The first kappa shape index (κ1) is 23.5. The van der Waals surface area contributed by atoms with E-state index in [1.165, 1.54) is 0 Å². The highest BCUT2D eigenvalue weighted by Gasteiger charge is 2.31. The Morgan fingerprint density at radius 2 is 1.59 bits per heavy atom. The Morgan fingerprint density at radius 3 is 2.25 bits per heavy atom. The molecule has 0 aliphatic rings. The Bertz CT molecular complexity index is 1300. The predicted octanol–water partition coefficient (Wildman–Crippen LogP) is 5.69. The van der Waals surface area contributed by atoms with E-state index in [0.29, 0.717) is 6.07 Å². The molecule has 0 heterocycles. The fraction of sp³-hybridized carbons (Fsp3) is 0.0500. The van der Waals surface area contributed by atoms with E-state index in [-0.39, 0.29) is 22.0 Å². The van der Waals surface area contributed by atoms with Gasteiger partial charge in [-0.3, -0.25) is 9.52 Å². The molecule has 0 bridgehead atoms. The fourth-order valence-corrected chi connectivity index (χ4v) is 3.87. The van der Waals surface area contributed by atoms with Crippen molar-refractivity contribution < 1.29 is 35.2 Å². The van der Waals surface area contributed by atoms with E-state index < -0.39 is 44.2 Å². The third-order valence-electron chi connectivity index (χ3n) is 4.11. The van der Waals surface area contributed by atoms with Gasteiger partial charge in [-0.1, -0.05) is 17.7 Å². The molecule has 12 heteroatoms. The van der Waals surface area contributed by atoms with Crippen molar-refractivity contribution in [1.82, 2.24) is 0 Å². The number of sulfonamides is 1. The zero-order valence-electron chi connectivity index (χ0n) is 15.7. The van der Waals surface area contributed by atoms with E-state index in [9.17, 15) is 35.2 Å². The Hall–Kier alpha value is -3.18. The lowest BCUT2D eigenvalue weighted by molar-refractivity contribution is -0.137. The van der Waals surface area contributed by atoms with Crippen molar-refractivity contribution >= 4 is 38.9 Å². The highest BCUT2D eigenvalue weighted by molar-refractivity contribution is 7.92. The van der Waals surface area contributed by atoms with E-state index >= 15 is 0 Å². The van der Waals surface area contributed by atoms with Crippen molar-refractivity contribution in [3.8, 4) is 0 Å². The molecule has 3 rings (SSSR count). The molecule has 168 valence electrons. The van der Waals surface area contributed by atoms with Crippen LogP contribution < -0.4 is 10.0 Å². The van der Waals surface area contributed by atoms with Gasteiger partial charge in [0.05, 0.1) is 21.0 Å². The summed E-state index contributed by atoms with van der Waals surface area (Å²) in [6.45, 7) is 0.